The van der Waals surface area contributed by atoms with Crippen LogP contribution in [0.3, 0.4) is 0 Å². The van der Waals surface area contributed by atoms with Gasteiger partial charge in [-0.3, -0.25) is 9.59 Å². The molecule has 1 amide bonds. The van der Waals surface area contributed by atoms with Crippen LogP contribution < -0.4 is 10.0 Å². The molecule has 2 aromatic rings. The highest BCUT2D eigenvalue weighted by Gasteiger charge is 2.23. The minimum absolute atomic E-state index is 0.190. The molecule has 9 heteroatoms. The highest BCUT2D eigenvalue weighted by Crippen LogP contribution is 2.10. The zero-order valence-corrected chi connectivity index (χ0v) is 16.3. The van der Waals surface area contributed by atoms with Crippen LogP contribution in [0, 0.1) is 12.7 Å². The maximum absolute atomic E-state index is 12.9. The fourth-order valence-electron chi connectivity index (χ4n) is 2.28. The molecular formula is C19H21FN2O5S. The Morgan fingerprint density at radius 3 is 2.39 bits per heavy atom. The van der Waals surface area contributed by atoms with Crippen LogP contribution in [0.2, 0.25) is 0 Å². The van der Waals surface area contributed by atoms with Crippen LogP contribution in [-0.4, -0.2) is 32.9 Å². The number of esters is 1. The lowest BCUT2D eigenvalue weighted by molar-refractivity contribution is -0.149. The van der Waals surface area contributed by atoms with Crippen LogP contribution in [0.5, 0.6) is 0 Å². The SMILES string of the molecule is Cc1ccccc1CNC(=O)COC(=O)[C@H](C)NS(=O)(=O)c1ccc(F)cc1. The van der Waals surface area contributed by atoms with Crippen molar-refractivity contribution >= 4 is 21.9 Å². The Morgan fingerprint density at radius 2 is 1.75 bits per heavy atom. The molecule has 0 spiro atoms. The van der Waals surface area contributed by atoms with Crippen LogP contribution in [-0.2, 0) is 30.9 Å². The third-order valence-electron chi connectivity index (χ3n) is 3.89. The summed E-state index contributed by atoms with van der Waals surface area (Å²) in [6.07, 6.45) is 0. The topological polar surface area (TPSA) is 102 Å². The molecule has 0 bridgehead atoms. The largest absolute Gasteiger partial charge is 0.454 e. The summed E-state index contributed by atoms with van der Waals surface area (Å²) in [6.45, 7) is 2.95. The average molecular weight is 408 g/mol. The number of hydrogen-bond acceptors (Lipinski definition) is 5. The first-order chi connectivity index (χ1) is 13.2. The monoisotopic (exact) mass is 408 g/mol. The first-order valence-electron chi connectivity index (χ1n) is 8.45. The summed E-state index contributed by atoms with van der Waals surface area (Å²) in [5.41, 5.74) is 1.95. The van der Waals surface area contributed by atoms with Crippen molar-refractivity contribution in [1.82, 2.24) is 10.0 Å². The van der Waals surface area contributed by atoms with E-state index in [9.17, 15) is 22.4 Å². The second kappa shape index (κ2) is 9.43. The van der Waals surface area contributed by atoms with Gasteiger partial charge in [-0.15, -0.1) is 0 Å². The summed E-state index contributed by atoms with van der Waals surface area (Å²) in [7, 11) is -4.03. The van der Waals surface area contributed by atoms with Gasteiger partial charge >= 0.3 is 5.97 Å². The van der Waals surface area contributed by atoms with Crippen molar-refractivity contribution in [3.05, 3.63) is 65.5 Å². The molecule has 0 unspecified atom stereocenters. The Labute approximate surface area is 163 Å². The van der Waals surface area contributed by atoms with Gasteiger partial charge in [-0.1, -0.05) is 24.3 Å². The van der Waals surface area contributed by atoms with Crippen LogP contribution in [0.4, 0.5) is 4.39 Å². The van der Waals surface area contributed by atoms with E-state index in [1.54, 1.807) is 0 Å². The number of rotatable bonds is 8. The number of hydrogen-bond donors (Lipinski definition) is 2. The molecule has 2 N–H and O–H groups in total. The summed E-state index contributed by atoms with van der Waals surface area (Å²) >= 11 is 0. The number of benzene rings is 2. The van der Waals surface area contributed by atoms with Crippen molar-refractivity contribution in [1.29, 1.82) is 0 Å². The summed E-state index contributed by atoms with van der Waals surface area (Å²) in [6, 6.07) is 10.4. The molecule has 0 aliphatic heterocycles. The molecule has 28 heavy (non-hydrogen) atoms. The van der Waals surface area contributed by atoms with E-state index in [4.69, 9.17) is 4.74 Å². The van der Waals surface area contributed by atoms with Gasteiger partial charge in [-0.05, 0) is 49.2 Å². The van der Waals surface area contributed by atoms with Gasteiger partial charge in [0.1, 0.15) is 11.9 Å². The maximum Gasteiger partial charge on any atom is 0.324 e. The molecule has 0 saturated carbocycles. The van der Waals surface area contributed by atoms with Gasteiger partial charge in [0.15, 0.2) is 6.61 Å². The Bertz CT molecular complexity index is 945. The van der Waals surface area contributed by atoms with E-state index in [1.807, 2.05) is 31.2 Å². The minimum atomic E-state index is -4.03. The number of aryl methyl sites for hydroxylation is 1. The molecule has 1 atom stereocenters. The molecule has 0 aliphatic rings. The van der Waals surface area contributed by atoms with Crippen molar-refractivity contribution in [3.63, 3.8) is 0 Å². The summed E-state index contributed by atoms with van der Waals surface area (Å²) in [5.74, 6) is -2.00. The third kappa shape index (κ3) is 6.14. The Kier molecular flexibility index (Phi) is 7.24. The Hall–Kier alpha value is -2.78. The smallest absolute Gasteiger partial charge is 0.324 e. The summed E-state index contributed by atoms with van der Waals surface area (Å²) in [4.78, 5) is 23.6. The number of ether oxygens (including phenoxy) is 1. The van der Waals surface area contributed by atoms with Crippen LogP contribution >= 0.6 is 0 Å². The van der Waals surface area contributed by atoms with Crippen molar-refractivity contribution in [2.75, 3.05) is 6.61 Å². The molecule has 0 saturated heterocycles. The molecule has 0 aliphatic carbocycles. The zero-order chi connectivity index (χ0) is 20.7. The first kappa shape index (κ1) is 21.5. The Morgan fingerprint density at radius 1 is 1.11 bits per heavy atom. The minimum Gasteiger partial charge on any atom is -0.454 e. The van der Waals surface area contributed by atoms with Crippen LogP contribution in [0.1, 0.15) is 18.1 Å². The second-order valence-corrected chi connectivity index (χ2v) is 7.82. The van der Waals surface area contributed by atoms with Gasteiger partial charge in [0.05, 0.1) is 4.90 Å². The lowest BCUT2D eigenvalue weighted by Gasteiger charge is -2.14. The maximum atomic E-state index is 12.9. The number of halogens is 1. The number of amides is 1. The Balaban J connectivity index is 1.82. The van der Waals surface area contributed by atoms with Crippen molar-refractivity contribution in [2.24, 2.45) is 0 Å². The molecule has 0 fully saturated rings. The quantitative estimate of drug-likeness (QED) is 0.647. The van der Waals surface area contributed by atoms with Crippen LogP contribution in [0.25, 0.3) is 0 Å². The predicted molar refractivity (Wildman–Crippen MR) is 100 cm³/mol. The number of sulfonamides is 1. The normalized spacial score (nSPS) is 12.2. The van der Waals surface area contributed by atoms with Gasteiger partial charge in [0, 0.05) is 6.54 Å². The first-order valence-corrected chi connectivity index (χ1v) is 9.93. The number of carbonyl (C=O) groups excluding carboxylic acids is 2. The van der Waals surface area contributed by atoms with Gasteiger partial charge in [0.25, 0.3) is 5.91 Å². The van der Waals surface area contributed by atoms with Crippen LogP contribution in [0.15, 0.2) is 53.4 Å². The summed E-state index contributed by atoms with van der Waals surface area (Å²) in [5, 5.41) is 2.62. The van der Waals surface area contributed by atoms with E-state index in [-0.39, 0.29) is 11.4 Å². The summed E-state index contributed by atoms with van der Waals surface area (Å²) < 4.78 is 44.2. The van der Waals surface area contributed by atoms with Gasteiger partial charge in [-0.25, -0.2) is 12.8 Å². The molecule has 7 nitrogen and oxygen atoms in total. The van der Waals surface area contributed by atoms with E-state index in [1.165, 1.54) is 6.92 Å². The number of nitrogens with one attached hydrogen (secondary N) is 2. The molecule has 0 heterocycles. The van der Waals surface area contributed by atoms with E-state index in [0.717, 1.165) is 35.4 Å². The van der Waals surface area contributed by atoms with Gasteiger partial charge < -0.3 is 10.1 Å². The second-order valence-electron chi connectivity index (χ2n) is 6.11. The van der Waals surface area contributed by atoms with Gasteiger partial charge in [0.2, 0.25) is 10.0 Å². The lowest BCUT2D eigenvalue weighted by atomic mass is 10.1. The molecule has 0 aromatic heterocycles. The standard InChI is InChI=1S/C19H21FN2O5S/c1-13-5-3-4-6-15(13)11-21-18(23)12-27-19(24)14(2)22-28(25,26)17-9-7-16(20)8-10-17/h3-10,14,22H,11-12H2,1-2H3,(H,21,23)/t14-/m0/s1. The predicted octanol–water partition coefficient (Wildman–Crippen LogP) is 1.66. The zero-order valence-electron chi connectivity index (χ0n) is 15.4. The molecular weight excluding hydrogens is 387 g/mol. The highest BCUT2D eigenvalue weighted by atomic mass is 32.2. The van der Waals surface area contributed by atoms with Crippen molar-refractivity contribution < 1.29 is 27.1 Å². The molecule has 2 rings (SSSR count). The number of carbonyl (C=O) groups is 2. The van der Waals surface area contributed by atoms with E-state index < -0.39 is 40.4 Å². The van der Waals surface area contributed by atoms with Crippen molar-refractivity contribution in [2.45, 2.75) is 31.3 Å². The van der Waals surface area contributed by atoms with Gasteiger partial charge in [-0.2, -0.15) is 4.72 Å². The van der Waals surface area contributed by atoms with E-state index in [2.05, 4.69) is 10.0 Å². The third-order valence-corrected chi connectivity index (χ3v) is 5.45. The average Bonchev–Trinajstić information content (AvgIpc) is 2.65. The van der Waals surface area contributed by atoms with E-state index in [0.29, 0.717) is 0 Å². The van der Waals surface area contributed by atoms with Crippen molar-refractivity contribution in [3.8, 4) is 0 Å². The molecule has 2 aromatic carbocycles. The fourth-order valence-corrected chi connectivity index (χ4v) is 3.47. The lowest BCUT2D eigenvalue weighted by Crippen LogP contribution is -2.40. The highest BCUT2D eigenvalue weighted by molar-refractivity contribution is 7.89. The fraction of sp³-hybridized carbons (Fsp3) is 0.263. The van der Waals surface area contributed by atoms with E-state index >= 15 is 0 Å². The molecule has 0 radical (unpaired) electrons. The molecule has 150 valence electrons.